The number of carbonyl (C=O) groups is 1. The quantitative estimate of drug-likeness (QED) is 0.634. The largest absolute Gasteiger partial charge is 0.478 e. The maximum atomic E-state index is 11.6. The SMILES string of the molecule is Nc1ccnc2ccc(OCCCNC(=O)OCc3ccccc3)nc12. The summed E-state index contributed by atoms with van der Waals surface area (Å²) in [5.41, 5.74) is 8.73. The molecule has 134 valence electrons. The Morgan fingerprint density at radius 3 is 2.81 bits per heavy atom. The number of aromatic nitrogens is 2. The van der Waals surface area contributed by atoms with Gasteiger partial charge in [0.25, 0.3) is 0 Å². The van der Waals surface area contributed by atoms with Crippen molar-refractivity contribution in [3.63, 3.8) is 0 Å². The molecule has 26 heavy (non-hydrogen) atoms. The van der Waals surface area contributed by atoms with Gasteiger partial charge in [0.05, 0.1) is 17.8 Å². The van der Waals surface area contributed by atoms with E-state index < -0.39 is 6.09 Å². The number of nitrogens with zero attached hydrogens (tertiary/aromatic N) is 2. The monoisotopic (exact) mass is 352 g/mol. The number of nitrogens with two attached hydrogens (primary N) is 1. The molecule has 7 nitrogen and oxygen atoms in total. The van der Waals surface area contributed by atoms with Crippen molar-refractivity contribution >= 4 is 22.8 Å². The predicted octanol–water partition coefficient (Wildman–Crippen LogP) is 2.91. The van der Waals surface area contributed by atoms with Gasteiger partial charge in [0, 0.05) is 18.8 Å². The summed E-state index contributed by atoms with van der Waals surface area (Å²) < 4.78 is 10.7. The van der Waals surface area contributed by atoms with Crippen LogP contribution < -0.4 is 15.8 Å². The fraction of sp³-hybridized carbons (Fsp3) is 0.211. The first kappa shape index (κ1) is 17.5. The van der Waals surface area contributed by atoms with Gasteiger partial charge in [-0.2, -0.15) is 0 Å². The number of carbonyl (C=O) groups excluding carboxylic acids is 1. The lowest BCUT2D eigenvalue weighted by Crippen LogP contribution is -2.26. The summed E-state index contributed by atoms with van der Waals surface area (Å²) in [6.07, 6.45) is 1.82. The number of ether oxygens (including phenoxy) is 2. The Kier molecular flexibility index (Phi) is 5.82. The van der Waals surface area contributed by atoms with Crippen molar-refractivity contribution in [1.29, 1.82) is 0 Å². The van der Waals surface area contributed by atoms with Crippen LogP contribution in [0.2, 0.25) is 0 Å². The van der Waals surface area contributed by atoms with Gasteiger partial charge in [-0.3, -0.25) is 4.98 Å². The summed E-state index contributed by atoms with van der Waals surface area (Å²) in [5, 5.41) is 2.69. The molecule has 3 rings (SSSR count). The molecule has 1 aromatic carbocycles. The van der Waals surface area contributed by atoms with E-state index in [0.29, 0.717) is 36.7 Å². The third kappa shape index (κ3) is 4.83. The second-order valence-corrected chi connectivity index (χ2v) is 5.61. The second-order valence-electron chi connectivity index (χ2n) is 5.61. The van der Waals surface area contributed by atoms with Gasteiger partial charge in [0.1, 0.15) is 12.1 Å². The Morgan fingerprint density at radius 1 is 1.12 bits per heavy atom. The lowest BCUT2D eigenvalue weighted by molar-refractivity contribution is 0.139. The highest BCUT2D eigenvalue weighted by Gasteiger charge is 2.04. The van der Waals surface area contributed by atoms with Crippen LogP contribution in [0.1, 0.15) is 12.0 Å². The van der Waals surface area contributed by atoms with Gasteiger partial charge in [-0.1, -0.05) is 30.3 Å². The summed E-state index contributed by atoms with van der Waals surface area (Å²) in [6, 6.07) is 14.8. The van der Waals surface area contributed by atoms with Gasteiger partial charge in [0.2, 0.25) is 5.88 Å². The molecule has 0 saturated heterocycles. The fourth-order valence-electron chi connectivity index (χ4n) is 2.32. The van der Waals surface area contributed by atoms with Crippen LogP contribution >= 0.6 is 0 Å². The zero-order valence-electron chi connectivity index (χ0n) is 14.2. The molecule has 0 fully saturated rings. The van der Waals surface area contributed by atoms with E-state index in [-0.39, 0.29) is 6.61 Å². The van der Waals surface area contributed by atoms with Crippen molar-refractivity contribution in [2.45, 2.75) is 13.0 Å². The number of benzene rings is 1. The zero-order valence-corrected chi connectivity index (χ0v) is 14.2. The van der Waals surface area contributed by atoms with E-state index >= 15 is 0 Å². The summed E-state index contributed by atoms with van der Waals surface area (Å²) >= 11 is 0. The molecule has 0 unspecified atom stereocenters. The van der Waals surface area contributed by atoms with Gasteiger partial charge in [-0.15, -0.1) is 0 Å². The first-order chi connectivity index (χ1) is 12.7. The van der Waals surface area contributed by atoms with Crippen molar-refractivity contribution in [3.05, 3.63) is 60.3 Å². The normalized spacial score (nSPS) is 10.5. The second kappa shape index (κ2) is 8.66. The molecule has 0 radical (unpaired) electrons. The average Bonchev–Trinajstić information content (AvgIpc) is 2.67. The Balaban J connectivity index is 1.36. The lowest BCUT2D eigenvalue weighted by atomic mass is 10.2. The number of hydrogen-bond acceptors (Lipinski definition) is 6. The minimum atomic E-state index is -0.448. The van der Waals surface area contributed by atoms with Crippen LogP contribution in [0.4, 0.5) is 10.5 Å². The number of amides is 1. The number of rotatable bonds is 7. The molecule has 0 atom stereocenters. The minimum Gasteiger partial charge on any atom is -0.478 e. The van der Waals surface area contributed by atoms with E-state index in [1.807, 2.05) is 36.4 Å². The summed E-state index contributed by atoms with van der Waals surface area (Å²) in [4.78, 5) is 20.2. The first-order valence-electron chi connectivity index (χ1n) is 8.31. The Hall–Kier alpha value is -3.35. The molecular formula is C19H20N4O3. The highest BCUT2D eigenvalue weighted by atomic mass is 16.5. The molecule has 0 aliphatic carbocycles. The van der Waals surface area contributed by atoms with Crippen molar-refractivity contribution in [1.82, 2.24) is 15.3 Å². The highest BCUT2D eigenvalue weighted by Crippen LogP contribution is 2.19. The number of fused-ring (bicyclic) bond motifs is 1. The fourth-order valence-corrected chi connectivity index (χ4v) is 2.32. The minimum absolute atomic E-state index is 0.250. The topological polar surface area (TPSA) is 99.4 Å². The molecule has 3 N–H and O–H groups in total. The summed E-state index contributed by atoms with van der Waals surface area (Å²) in [7, 11) is 0. The molecule has 0 aliphatic rings. The van der Waals surface area contributed by atoms with Gasteiger partial charge in [0.15, 0.2) is 0 Å². The highest BCUT2D eigenvalue weighted by molar-refractivity contribution is 5.86. The lowest BCUT2D eigenvalue weighted by Gasteiger charge is -2.08. The number of alkyl carbamates (subject to hydrolysis) is 1. The van der Waals surface area contributed by atoms with E-state index in [9.17, 15) is 4.79 Å². The number of nitrogens with one attached hydrogen (secondary N) is 1. The van der Waals surface area contributed by atoms with Crippen LogP contribution in [0.15, 0.2) is 54.7 Å². The number of anilines is 1. The van der Waals surface area contributed by atoms with Crippen LogP contribution in [-0.2, 0) is 11.3 Å². The maximum absolute atomic E-state index is 11.6. The summed E-state index contributed by atoms with van der Waals surface area (Å²) in [5.74, 6) is 0.476. The molecule has 0 bridgehead atoms. The van der Waals surface area contributed by atoms with Crippen molar-refractivity contribution in [3.8, 4) is 5.88 Å². The molecule has 7 heteroatoms. The van der Waals surface area contributed by atoms with Gasteiger partial charge >= 0.3 is 6.09 Å². The van der Waals surface area contributed by atoms with Crippen LogP contribution in [0.3, 0.4) is 0 Å². The molecule has 3 aromatic rings. The van der Waals surface area contributed by atoms with Crippen LogP contribution in [0.5, 0.6) is 5.88 Å². The van der Waals surface area contributed by atoms with Gasteiger partial charge in [-0.05, 0) is 24.1 Å². The Bertz CT molecular complexity index is 871. The van der Waals surface area contributed by atoms with E-state index in [1.54, 1.807) is 18.3 Å². The molecule has 1 amide bonds. The van der Waals surface area contributed by atoms with E-state index in [1.165, 1.54) is 0 Å². The van der Waals surface area contributed by atoms with Gasteiger partial charge in [-0.25, -0.2) is 9.78 Å². The Morgan fingerprint density at radius 2 is 1.96 bits per heavy atom. The molecule has 0 spiro atoms. The molecule has 2 aromatic heterocycles. The Labute approximate surface area is 151 Å². The van der Waals surface area contributed by atoms with Crippen LogP contribution in [-0.4, -0.2) is 29.2 Å². The van der Waals surface area contributed by atoms with E-state index in [2.05, 4.69) is 15.3 Å². The number of nitrogen functional groups attached to an aromatic ring is 1. The maximum Gasteiger partial charge on any atom is 0.407 e. The van der Waals surface area contributed by atoms with E-state index in [0.717, 1.165) is 11.1 Å². The van der Waals surface area contributed by atoms with Crippen molar-refractivity contribution < 1.29 is 14.3 Å². The number of pyridine rings is 2. The van der Waals surface area contributed by atoms with Crippen molar-refractivity contribution in [2.75, 3.05) is 18.9 Å². The smallest absolute Gasteiger partial charge is 0.407 e. The molecular weight excluding hydrogens is 332 g/mol. The average molecular weight is 352 g/mol. The predicted molar refractivity (Wildman–Crippen MR) is 98.7 cm³/mol. The zero-order chi connectivity index (χ0) is 18.2. The molecule has 2 heterocycles. The van der Waals surface area contributed by atoms with Crippen LogP contribution in [0, 0.1) is 0 Å². The third-order valence-corrected chi connectivity index (χ3v) is 3.64. The van der Waals surface area contributed by atoms with Crippen molar-refractivity contribution in [2.24, 2.45) is 0 Å². The third-order valence-electron chi connectivity index (χ3n) is 3.64. The van der Waals surface area contributed by atoms with Gasteiger partial charge < -0.3 is 20.5 Å². The molecule has 0 saturated carbocycles. The first-order valence-corrected chi connectivity index (χ1v) is 8.31. The number of hydrogen-bond donors (Lipinski definition) is 2. The standard InChI is InChI=1S/C19H20N4O3/c20-15-9-11-21-16-7-8-17(23-18(15)16)25-12-4-10-22-19(24)26-13-14-5-2-1-3-6-14/h1-3,5-9,11H,4,10,12-13H2,(H2,20,21)(H,22,24). The van der Waals surface area contributed by atoms with Crippen LogP contribution in [0.25, 0.3) is 11.0 Å². The summed E-state index contributed by atoms with van der Waals surface area (Å²) in [6.45, 7) is 1.11. The molecule has 0 aliphatic heterocycles. The van der Waals surface area contributed by atoms with E-state index in [4.69, 9.17) is 15.2 Å².